The van der Waals surface area contributed by atoms with E-state index in [2.05, 4.69) is 24.1 Å². The Hall–Kier alpha value is -4.70. The number of carboxylic acid groups (broad SMARTS) is 2. The lowest BCUT2D eigenvalue weighted by Crippen LogP contribution is -2.53. The number of amides is 1. The Kier molecular flexibility index (Phi) is 22.0. The fraction of sp³-hybridized carbons (Fsp3) is 0.590. The van der Waals surface area contributed by atoms with Crippen molar-refractivity contribution >= 4 is 35.6 Å². The van der Waals surface area contributed by atoms with Crippen molar-refractivity contribution < 1.29 is 58.3 Å². The summed E-state index contributed by atoms with van der Waals surface area (Å²) in [5.74, 6) is -3.05. The van der Waals surface area contributed by atoms with Gasteiger partial charge >= 0.3 is 23.9 Å². The van der Waals surface area contributed by atoms with Crippen molar-refractivity contribution in [1.82, 2.24) is 5.32 Å². The molecule has 0 heterocycles. The summed E-state index contributed by atoms with van der Waals surface area (Å²) < 4.78 is 15.7. The smallest absolute Gasteiger partial charge is 0.337 e. The molecule has 0 bridgehead atoms. The third-order valence-corrected chi connectivity index (χ3v) is 8.20. The van der Waals surface area contributed by atoms with Crippen LogP contribution in [0.25, 0.3) is 0 Å². The molecule has 0 aromatic heterocycles. The number of esters is 2. The quantitative estimate of drug-likeness (QED) is 0.0293. The number of allylic oxidation sites excluding steroid dienone is 1. The second kappa shape index (κ2) is 25.3. The number of carbonyl (C=O) groups is 6. The van der Waals surface area contributed by atoms with E-state index in [1.165, 1.54) is 19.4 Å². The minimum Gasteiger partial charge on any atom is -0.481 e. The summed E-state index contributed by atoms with van der Waals surface area (Å²) in [5.41, 5.74) is -2.65. The van der Waals surface area contributed by atoms with Crippen LogP contribution in [0.4, 0.5) is 0 Å². The van der Waals surface area contributed by atoms with E-state index in [-0.39, 0.29) is 12.4 Å². The van der Waals surface area contributed by atoms with Crippen molar-refractivity contribution in [2.24, 2.45) is 5.92 Å². The number of benzene rings is 1. The van der Waals surface area contributed by atoms with Crippen LogP contribution in [0, 0.1) is 17.8 Å². The molecule has 0 fully saturated rings. The first-order chi connectivity index (χ1) is 24.7. The highest BCUT2D eigenvalue weighted by Crippen LogP contribution is 2.27. The van der Waals surface area contributed by atoms with Gasteiger partial charge in [0.25, 0.3) is 0 Å². The minimum atomic E-state index is -3.01. The number of aliphatic hydroxyl groups is 1. The van der Waals surface area contributed by atoms with E-state index in [1.54, 1.807) is 31.2 Å². The van der Waals surface area contributed by atoms with Crippen LogP contribution < -0.4 is 10.1 Å². The van der Waals surface area contributed by atoms with Gasteiger partial charge in [-0.1, -0.05) is 75.7 Å². The van der Waals surface area contributed by atoms with E-state index in [4.69, 9.17) is 14.2 Å². The third kappa shape index (κ3) is 18.0. The van der Waals surface area contributed by atoms with Crippen molar-refractivity contribution in [1.29, 1.82) is 0 Å². The van der Waals surface area contributed by atoms with E-state index >= 15 is 0 Å². The topological polar surface area (TPSA) is 203 Å². The van der Waals surface area contributed by atoms with Crippen molar-refractivity contribution in [3.63, 3.8) is 0 Å². The van der Waals surface area contributed by atoms with Gasteiger partial charge < -0.3 is 34.8 Å². The predicted molar refractivity (Wildman–Crippen MR) is 192 cm³/mol. The van der Waals surface area contributed by atoms with Gasteiger partial charge in [-0.3, -0.25) is 24.0 Å². The molecule has 4 atom stereocenters. The summed E-state index contributed by atoms with van der Waals surface area (Å²) in [7, 11) is 0. The maximum atomic E-state index is 13.5. The van der Waals surface area contributed by atoms with Gasteiger partial charge in [0.2, 0.25) is 12.2 Å². The maximum Gasteiger partial charge on any atom is 0.337 e. The van der Waals surface area contributed by atoms with Gasteiger partial charge in [0, 0.05) is 33.2 Å². The molecule has 0 aliphatic heterocycles. The molecule has 0 aliphatic rings. The van der Waals surface area contributed by atoms with Gasteiger partial charge in [0.1, 0.15) is 18.1 Å². The predicted octanol–water partition coefficient (Wildman–Crippen LogP) is 5.47. The number of aliphatic carboxylic acids is 2. The minimum absolute atomic E-state index is 0.134. The number of Topliss-reactive ketones (excluding diaryl/α,β-unsaturated/α-hetero) is 1. The first-order valence-electron chi connectivity index (χ1n) is 17.9. The van der Waals surface area contributed by atoms with Gasteiger partial charge in [0.05, 0.1) is 18.3 Å². The van der Waals surface area contributed by atoms with Gasteiger partial charge in [-0.15, -0.1) is 5.92 Å². The molecule has 1 amide bonds. The number of nitrogens with one attached hydrogen (secondary N) is 1. The van der Waals surface area contributed by atoms with Crippen LogP contribution in [0.15, 0.2) is 36.4 Å². The maximum absolute atomic E-state index is 13.5. The first kappa shape index (κ1) is 45.3. The zero-order valence-electron chi connectivity index (χ0n) is 30.8. The molecule has 0 spiro atoms. The van der Waals surface area contributed by atoms with Crippen LogP contribution in [0.2, 0.25) is 0 Å². The Morgan fingerprint density at radius 2 is 1.52 bits per heavy atom. The Morgan fingerprint density at radius 3 is 2.08 bits per heavy atom. The molecule has 1 rings (SSSR count). The molecule has 1 unspecified atom stereocenters. The average molecular weight is 730 g/mol. The summed E-state index contributed by atoms with van der Waals surface area (Å²) >= 11 is 0. The lowest BCUT2D eigenvalue weighted by molar-refractivity contribution is -0.184. The van der Waals surface area contributed by atoms with E-state index in [0.29, 0.717) is 37.0 Å². The number of ether oxygens (including phenoxy) is 3. The Morgan fingerprint density at radius 1 is 0.904 bits per heavy atom. The van der Waals surface area contributed by atoms with Crippen LogP contribution >= 0.6 is 0 Å². The normalized spacial score (nSPS) is 13.8. The van der Waals surface area contributed by atoms with Crippen LogP contribution in [0.3, 0.4) is 0 Å². The van der Waals surface area contributed by atoms with E-state index in [9.17, 15) is 44.1 Å². The van der Waals surface area contributed by atoms with E-state index in [1.807, 2.05) is 0 Å². The van der Waals surface area contributed by atoms with Crippen LogP contribution in [0.5, 0.6) is 5.75 Å². The molecular weight excluding hydrogens is 674 g/mol. The second-order valence-corrected chi connectivity index (χ2v) is 12.6. The standard InChI is InChI=1S/C39H55NO12/c1-5-7-9-12-15-18-31(42)19-16-13-10-11-14-17-20-34(39(49,38(47)48)26-35(43)44)36(45)40-27-33(37(46)52-29(4)51-28(3)41)30-21-23-32(24-22-30)50-25-8-6-2/h17,20-24,29,33-34,49H,5,7,9-16,18-19,25-27H2,1-4H3,(H,40,45)(H,43,44)(H,47,48)/b20-17+/t29?,33-,34+,39-/m0/s1. The van der Waals surface area contributed by atoms with Crippen molar-refractivity contribution in [3.8, 4) is 17.6 Å². The highest BCUT2D eigenvalue weighted by molar-refractivity contribution is 5.93. The average Bonchev–Trinajstić information content (AvgIpc) is 3.07. The summed E-state index contributed by atoms with van der Waals surface area (Å²) in [6.45, 7) is 5.96. The largest absolute Gasteiger partial charge is 0.481 e. The number of rotatable bonds is 27. The van der Waals surface area contributed by atoms with Gasteiger partial charge in [-0.2, -0.15) is 0 Å². The molecular formula is C39H55NO12. The molecule has 0 saturated heterocycles. The first-order valence-corrected chi connectivity index (χ1v) is 17.9. The van der Waals surface area contributed by atoms with Crippen molar-refractivity contribution in [2.45, 2.75) is 129 Å². The molecule has 52 heavy (non-hydrogen) atoms. The van der Waals surface area contributed by atoms with Crippen LogP contribution in [-0.4, -0.2) is 75.9 Å². The lowest BCUT2D eigenvalue weighted by atomic mass is 9.83. The van der Waals surface area contributed by atoms with E-state index in [0.717, 1.165) is 57.9 Å². The lowest BCUT2D eigenvalue weighted by Gasteiger charge is -2.29. The number of unbranched alkanes of at least 4 members (excludes halogenated alkanes) is 8. The second-order valence-electron chi connectivity index (χ2n) is 12.6. The fourth-order valence-electron chi connectivity index (χ4n) is 5.37. The SMILES string of the molecule is CC#CCOc1ccc([C@H](CNC(=O)[C@@H](/C=C/CCCCCCC(=O)CCCCCCC)[C@@](O)(CC(=O)O)C(=O)O)C(=O)OC(C)OC(C)=O)cc1. The van der Waals surface area contributed by atoms with Crippen LogP contribution in [-0.2, 0) is 38.2 Å². The summed E-state index contributed by atoms with van der Waals surface area (Å²) in [6.07, 6.45) is 10.1. The molecule has 13 heteroatoms. The van der Waals surface area contributed by atoms with E-state index < -0.39 is 66.5 Å². The zero-order chi connectivity index (χ0) is 38.9. The van der Waals surface area contributed by atoms with Crippen molar-refractivity contribution in [3.05, 3.63) is 42.0 Å². The molecule has 0 aliphatic carbocycles. The number of ketones is 1. The molecule has 0 saturated carbocycles. The molecule has 288 valence electrons. The number of carbonyl (C=O) groups excluding carboxylic acids is 4. The zero-order valence-corrected chi connectivity index (χ0v) is 30.8. The third-order valence-electron chi connectivity index (χ3n) is 8.20. The highest BCUT2D eigenvalue weighted by atomic mass is 16.7. The molecule has 4 N–H and O–H groups in total. The molecule has 13 nitrogen and oxygen atoms in total. The monoisotopic (exact) mass is 729 g/mol. The Balaban J connectivity index is 3.04. The Bertz CT molecular complexity index is 1390. The summed E-state index contributed by atoms with van der Waals surface area (Å²) in [4.78, 5) is 74.0. The van der Waals surface area contributed by atoms with Gasteiger partial charge in [0.15, 0.2) is 5.60 Å². The molecule has 1 aromatic rings. The summed E-state index contributed by atoms with van der Waals surface area (Å²) in [5, 5.41) is 32.8. The number of hydrogen-bond donors (Lipinski definition) is 4. The van der Waals surface area contributed by atoms with Crippen LogP contribution in [0.1, 0.15) is 123 Å². The highest BCUT2D eigenvalue weighted by Gasteiger charge is 2.48. The van der Waals surface area contributed by atoms with Gasteiger partial charge in [-0.25, -0.2) is 4.79 Å². The Labute approximate surface area is 306 Å². The summed E-state index contributed by atoms with van der Waals surface area (Å²) in [6, 6.07) is 6.23. The van der Waals surface area contributed by atoms with Gasteiger partial charge in [-0.05, 0) is 50.3 Å². The number of hydrogen-bond acceptors (Lipinski definition) is 10. The van der Waals surface area contributed by atoms with Crippen molar-refractivity contribution in [2.75, 3.05) is 13.2 Å². The molecule has 0 radical (unpaired) electrons. The number of carboxylic acids is 2. The fourth-order valence-corrected chi connectivity index (χ4v) is 5.37. The molecule has 1 aromatic carbocycles.